The lowest BCUT2D eigenvalue weighted by Crippen LogP contribution is -2.43. The number of benzene rings is 3. The van der Waals surface area contributed by atoms with Crippen LogP contribution in [0.1, 0.15) is 62.1 Å². The molecule has 0 bridgehead atoms. The van der Waals surface area contributed by atoms with Crippen LogP contribution in [0.25, 0.3) is 10.8 Å². The topological polar surface area (TPSA) is 41.6 Å². The van der Waals surface area contributed by atoms with Gasteiger partial charge in [0, 0.05) is 17.8 Å². The molecule has 4 heteroatoms. The number of ether oxygens (including phenoxy) is 1. The van der Waals surface area contributed by atoms with Crippen molar-refractivity contribution in [2.75, 3.05) is 18.5 Å². The van der Waals surface area contributed by atoms with Crippen LogP contribution in [0.15, 0.2) is 60.7 Å². The summed E-state index contributed by atoms with van der Waals surface area (Å²) >= 11 is 0. The van der Waals surface area contributed by atoms with Gasteiger partial charge in [0.2, 0.25) is 0 Å². The van der Waals surface area contributed by atoms with E-state index in [9.17, 15) is 4.79 Å². The molecule has 0 saturated heterocycles. The second-order valence-corrected chi connectivity index (χ2v) is 8.67. The fourth-order valence-corrected chi connectivity index (χ4v) is 4.17. The third-order valence-corrected chi connectivity index (χ3v) is 5.93. The van der Waals surface area contributed by atoms with Crippen molar-refractivity contribution >= 4 is 22.4 Å². The summed E-state index contributed by atoms with van der Waals surface area (Å²) in [5.74, 6) is 1.51. The zero-order chi connectivity index (χ0) is 21.8. The average molecular weight is 417 g/mol. The van der Waals surface area contributed by atoms with Crippen molar-refractivity contribution in [3.63, 3.8) is 0 Å². The standard InChI is InChI=1S/C27H32N2O2/c1-4-5-17-29-26(28-23-13-9-8-12-22(23)27(29)30)25-21-11-7-6-10-20(21)14-15-24(25)31-18-16-19(2)3/h6-15,19,26,28H,4-5,16-18H2,1-3H3. The predicted molar refractivity (Wildman–Crippen MR) is 128 cm³/mol. The third kappa shape index (κ3) is 4.39. The van der Waals surface area contributed by atoms with E-state index in [0.717, 1.165) is 52.6 Å². The van der Waals surface area contributed by atoms with Crippen LogP contribution in [0.2, 0.25) is 0 Å². The van der Waals surface area contributed by atoms with E-state index >= 15 is 0 Å². The first kappa shape index (κ1) is 21.2. The molecule has 3 aromatic carbocycles. The van der Waals surface area contributed by atoms with Crippen LogP contribution in [0.5, 0.6) is 5.75 Å². The van der Waals surface area contributed by atoms with Crippen molar-refractivity contribution < 1.29 is 9.53 Å². The molecule has 0 radical (unpaired) electrons. The molecule has 1 N–H and O–H groups in total. The van der Waals surface area contributed by atoms with E-state index in [2.05, 4.69) is 62.5 Å². The van der Waals surface area contributed by atoms with Gasteiger partial charge in [-0.1, -0.05) is 69.7 Å². The molecule has 1 amide bonds. The van der Waals surface area contributed by atoms with Gasteiger partial charge in [0.25, 0.3) is 5.91 Å². The largest absolute Gasteiger partial charge is 0.493 e. The summed E-state index contributed by atoms with van der Waals surface area (Å²) in [6, 6.07) is 20.3. The van der Waals surface area contributed by atoms with Crippen LogP contribution >= 0.6 is 0 Å². The Balaban J connectivity index is 1.83. The fraction of sp³-hybridized carbons (Fsp3) is 0.370. The number of hydrogen-bond acceptors (Lipinski definition) is 3. The third-order valence-electron chi connectivity index (χ3n) is 5.93. The van der Waals surface area contributed by atoms with Crippen molar-refractivity contribution in [3.05, 3.63) is 71.8 Å². The van der Waals surface area contributed by atoms with Gasteiger partial charge < -0.3 is 15.0 Å². The highest BCUT2D eigenvalue weighted by molar-refractivity contribution is 6.02. The molecule has 0 aromatic heterocycles. The Hall–Kier alpha value is -3.01. The molecule has 0 fully saturated rings. The zero-order valence-electron chi connectivity index (χ0n) is 18.7. The van der Waals surface area contributed by atoms with Crippen LogP contribution in [-0.2, 0) is 0 Å². The molecule has 0 aliphatic carbocycles. The van der Waals surface area contributed by atoms with Gasteiger partial charge in [0.15, 0.2) is 0 Å². The highest BCUT2D eigenvalue weighted by Gasteiger charge is 2.35. The molecular formula is C27H32N2O2. The fourth-order valence-electron chi connectivity index (χ4n) is 4.17. The molecule has 4 rings (SSSR count). The van der Waals surface area contributed by atoms with Gasteiger partial charge in [-0.15, -0.1) is 0 Å². The molecule has 1 aliphatic rings. The number of amides is 1. The van der Waals surface area contributed by atoms with E-state index in [-0.39, 0.29) is 12.1 Å². The first-order valence-electron chi connectivity index (χ1n) is 11.4. The molecule has 1 heterocycles. The van der Waals surface area contributed by atoms with Gasteiger partial charge in [0.1, 0.15) is 11.9 Å². The Kier molecular flexibility index (Phi) is 6.45. The average Bonchev–Trinajstić information content (AvgIpc) is 2.78. The van der Waals surface area contributed by atoms with Gasteiger partial charge in [-0.05, 0) is 47.7 Å². The molecule has 0 saturated carbocycles. The van der Waals surface area contributed by atoms with Gasteiger partial charge in [-0.25, -0.2) is 0 Å². The molecule has 3 aromatic rings. The maximum atomic E-state index is 13.5. The number of rotatable bonds is 8. The smallest absolute Gasteiger partial charge is 0.257 e. The predicted octanol–water partition coefficient (Wildman–Crippen LogP) is 6.63. The first-order valence-corrected chi connectivity index (χ1v) is 11.4. The van der Waals surface area contributed by atoms with Gasteiger partial charge >= 0.3 is 0 Å². The minimum Gasteiger partial charge on any atom is -0.493 e. The van der Waals surface area contributed by atoms with Crippen LogP contribution in [0, 0.1) is 5.92 Å². The maximum absolute atomic E-state index is 13.5. The van der Waals surface area contributed by atoms with E-state index in [0.29, 0.717) is 19.1 Å². The minimum absolute atomic E-state index is 0.0777. The van der Waals surface area contributed by atoms with E-state index < -0.39 is 0 Å². The summed E-state index contributed by atoms with van der Waals surface area (Å²) in [7, 11) is 0. The summed E-state index contributed by atoms with van der Waals surface area (Å²) in [5.41, 5.74) is 2.66. The van der Waals surface area contributed by atoms with Crippen molar-refractivity contribution in [2.24, 2.45) is 5.92 Å². The highest BCUT2D eigenvalue weighted by atomic mass is 16.5. The normalized spacial score (nSPS) is 15.8. The second-order valence-electron chi connectivity index (χ2n) is 8.67. The van der Waals surface area contributed by atoms with E-state index in [1.165, 1.54) is 0 Å². The van der Waals surface area contributed by atoms with Crippen LogP contribution < -0.4 is 10.1 Å². The lowest BCUT2D eigenvalue weighted by Gasteiger charge is -2.39. The lowest BCUT2D eigenvalue weighted by molar-refractivity contribution is 0.0679. The zero-order valence-corrected chi connectivity index (χ0v) is 18.7. The Morgan fingerprint density at radius 1 is 1.03 bits per heavy atom. The molecule has 162 valence electrons. The summed E-state index contributed by atoms with van der Waals surface area (Å²) < 4.78 is 6.31. The number of nitrogens with one attached hydrogen (secondary N) is 1. The van der Waals surface area contributed by atoms with Crippen molar-refractivity contribution in [2.45, 2.75) is 46.2 Å². The van der Waals surface area contributed by atoms with Gasteiger partial charge in [0.05, 0.1) is 12.2 Å². The van der Waals surface area contributed by atoms with Crippen molar-refractivity contribution in [1.82, 2.24) is 4.90 Å². The number of para-hydroxylation sites is 1. The number of fused-ring (bicyclic) bond motifs is 2. The Morgan fingerprint density at radius 3 is 2.61 bits per heavy atom. The number of hydrogen-bond donors (Lipinski definition) is 1. The van der Waals surface area contributed by atoms with E-state index in [4.69, 9.17) is 4.74 Å². The number of carbonyl (C=O) groups is 1. The van der Waals surface area contributed by atoms with Crippen molar-refractivity contribution in [3.8, 4) is 5.75 Å². The monoisotopic (exact) mass is 416 g/mol. The Labute approximate surface area is 185 Å². The van der Waals surface area contributed by atoms with Crippen LogP contribution in [0.4, 0.5) is 5.69 Å². The quantitative estimate of drug-likeness (QED) is 0.448. The summed E-state index contributed by atoms with van der Waals surface area (Å²) in [6.45, 7) is 7.93. The minimum atomic E-state index is -0.269. The van der Waals surface area contributed by atoms with Crippen LogP contribution in [0.3, 0.4) is 0 Å². The summed E-state index contributed by atoms with van der Waals surface area (Å²) in [5, 5.41) is 5.93. The van der Waals surface area contributed by atoms with E-state index in [1.807, 2.05) is 29.2 Å². The molecular weight excluding hydrogens is 384 g/mol. The summed E-state index contributed by atoms with van der Waals surface area (Å²) in [6.07, 6.45) is 2.71. The molecule has 1 unspecified atom stereocenters. The Bertz CT molecular complexity index is 1060. The second kappa shape index (κ2) is 9.42. The number of anilines is 1. The highest BCUT2D eigenvalue weighted by Crippen LogP contribution is 2.40. The molecule has 4 nitrogen and oxygen atoms in total. The van der Waals surface area contributed by atoms with Crippen molar-refractivity contribution in [1.29, 1.82) is 0 Å². The number of carbonyl (C=O) groups excluding carboxylic acids is 1. The first-order chi connectivity index (χ1) is 15.1. The molecule has 1 aliphatic heterocycles. The molecule has 0 spiro atoms. The van der Waals surface area contributed by atoms with Gasteiger partial charge in [-0.2, -0.15) is 0 Å². The Morgan fingerprint density at radius 2 is 1.81 bits per heavy atom. The molecule has 1 atom stereocenters. The SMILES string of the molecule is CCCCN1C(=O)c2ccccc2NC1c1c(OCCC(C)C)ccc2ccccc12. The molecule has 31 heavy (non-hydrogen) atoms. The van der Waals surface area contributed by atoms with E-state index in [1.54, 1.807) is 0 Å². The maximum Gasteiger partial charge on any atom is 0.257 e. The van der Waals surface area contributed by atoms with Gasteiger partial charge in [-0.3, -0.25) is 4.79 Å². The lowest BCUT2D eigenvalue weighted by atomic mass is 9.97. The number of unbranched alkanes of at least 4 members (excludes halogenated alkanes) is 1. The number of nitrogens with zero attached hydrogens (tertiary/aromatic N) is 1. The van der Waals surface area contributed by atoms with Crippen LogP contribution in [-0.4, -0.2) is 24.0 Å². The summed E-state index contributed by atoms with van der Waals surface area (Å²) in [4.78, 5) is 15.5.